The standard InChI is InChI=1S/C16H9ClF3NOS3/c17-12-4-2-9(16(18,19)20)5-11(12)8-1-3-10(22-7-8)6-13-14(23)21-15(24)25-13/h1-6H,7H2,(H,21,23,24)/b13-6+. The number of nitrogens with one attached hydrogen (secondary N) is 1. The van der Waals surface area contributed by atoms with E-state index in [9.17, 15) is 13.2 Å². The van der Waals surface area contributed by atoms with Gasteiger partial charge in [-0.2, -0.15) is 13.2 Å². The van der Waals surface area contributed by atoms with Crippen molar-refractivity contribution >= 4 is 62.7 Å². The number of allylic oxidation sites excluding steroid dienone is 3. The third kappa shape index (κ3) is 4.25. The summed E-state index contributed by atoms with van der Waals surface area (Å²) in [6.45, 7) is 0.103. The number of ether oxygens (including phenoxy) is 1. The number of thioether (sulfide) groups is 1. The monoisotopic (exact) mass is 419 g/mol. The highest BCUT2D eigenvalue weighted by molar-refractivity contribution is 8.27. The van der Waals surface area contributed by atoms with Crippen molar-refractivity contribution in [3.8, 4) is 0 Å². The molecule has 0 amide bonds. The zero-order chi connectivity index (χ0) is 18.2. The van der Waals surface area contributed by atoms with Gasteiger partial charge in [0.1, 0.15) is 21.7 Å². The number of benzene rings is 1. The Labute approximate surface area is 161 Å². The Bertz CT molecular complexity index is 859. The summed E-state index contributed by atoms with van der Waals surface area (Å²) < 4.78 is 44.8. The summed E-state index contributed by atoms with van der Waals surface area (Å²) in [5, 5.41) is 3.09. The third-order valence-electron chi connectivity index (χ3n) is 3.40. The summed E-state index contributed by atoms with van der Waals surface area (Å²) in [5.74, 6) is 0.545. The predicted molar refractivity (Wildman–Crippen MR) is 102 cm³/mol. The summed E-state index contributed by atoms with van der Waals surface area (Å²) in [7, 11) is 0. The maximum atomic E-state index is 12.9. The van der Waals surface area contributed by atoms with Crippen LogP contribution in [0, 0.1) is 0 Å². The molecule has 0 radical (unpaired) electrons. The largest absolute Gasteiger partial charge is 0.489 e. The zero-order valence-corrected chi connectivity index (χ0v) is 15.5. The van der Waals surface area contributed by atoms with E-state index in [0.717, 1.165) is 17.0 Å². The first-order valence-electron chi connectivity index (χ1n) is 6.89. The van der Waals surface area contributed by atoms with Gasteiger partial charge in [0.25, 0.3) is 0 Å². The van der Waals surface area contributed by atoms with Gasteiger partial charge in [0.15, 0.2) is 0 Å². The van der Waals surface area contributed by atoms with Crippen LogP contribution in [0.1, 0.15) is 11.1 Å². The molecule has 1 N–H and O–H groups in total. The van der Waals surface area contributed by atoms with Crippen molar-refractivity contribution in [2.24, 2.45) is 0 Å². The lowest BCUT2D eigenvalue weighted by atomic mass is 10.0. The van der Waals surface area contributed by atoms with E-state index in [0.29, 0.717) is 26.2 Å². The molecule has 2 nitrogen and oxygen atoms in total. The quantitative estimate of drug-likeness (QED) is 0.504. The Morgan fingerprint density at radius 1 is 1.24 bits per heavy atom. The molecular formula is C16H9ClF3NOS3. The molecule has 1 fully saturated rings. The predicted octanol–water partition coefficient (Wildman–Crippen LogP) is 5.49. The SMILES string of the molecule is FC(F)(F)c1ccc(Cl)c(C2=CC=C(/C=C3/SC(=S)NC3=S)OC2)c1. The average molecular weight is 420 g/mol. The van der Waals surface area contributed by atoms with Gasteiger partial charge in [0.2, 0.25) is 0 Å². The molecule has 0 spiro atoms. The molecule has 2 heterocycles. The van der Waals surface area contributed by atoms with E-state index in [4.69, 9.17) is 40.8 Å². The van der Waals surface area contributed by atoms with Gasteiger partial charge in [-0.3, -0.25) is 0 Å². The van der Waals surface area contributed by atoms with E-state index in [1.54, 1.807) is 18.2 Å². The van der Waals surface area contributed by atoms with Crippen LogP contribution in [0.25, 0.3) is 5.57 Å². The van der Waals surface area contributed by atoms with Gasteiger partial charge in [-0.25, -0.2) is 0 Å². The van der Waals surface area contributed by atoms with Crippen molar-refractivity contribution in [3.05, 3.63) is 63.2 Å². The molecular weight excluding hydrogens is 411 g/mol. The molecule has 3 rings (SSSR count). The molecule has 130 valence electrons. The first-order chi connectivity index (χ1) is 11.7. The topological polar surface area (TPSA) is 21.3 Å². The van der Waals surface area contributed by atoms with Crippen LogP contribution in [0.5, 0.6) is 0 Å². The van der Waals surface area contributed by atoms with Crippen molar-refractivity contribution < 1.29 is 17.9 Å². The van der Waals surface area contributed by atoms with Crippen molar-refractivity contribution in [2.45, 2.75) is 6.18 Å². The molecule has 0 aromatic heterocycles. The minimum absolute atomic E-state index is 0.103. The molecule has 0 saturated carbocycles. The highest BCUT2D eigenvalue weighted by atomic mass is 35.5. The molecule has 1 aromatic carbocycles. The maximum Gasteiger partial charge on any atom is 0.416 e. The average Bonchev–Trinajstić information content (AvgIpc) is 2.85. The Kier molecular flexibility index (Phi) is 5.24. The first kappa shape index (κ1) is 18.4. The van der Waals surface area contributed by atoms with Crippen LogP contribution in [0.4, 0.5) is 13.2 Å². The molecule has 2 aliphatic rings. The van der Waals surface area contributed by atoms with Crippen LogP contribution >= 0.6 is 47.8 Å². The van der Waals surface area contributed by atoms with Crippen LogP contribution in [0.15, 0.2) is 47.1 Å². The molecule has 0 unspecified atom stereocenters. The van der Waals surface area contributed by atoms with Gasteiger partial charge < -0.3 is 10.1 Å². The molecule has 1 aromatic rings. The second-order valence-electron chi connectivity index (χ2n) is 5.09. The van der Waals surface area contributed by atoms with Gasteiger partial charge in [-0.1, -0.05) is 53.9 Å². The Morgan fingerprint density at radius 2 is 2.00 bits per heavy atom. The summed E-state index contributed by atoms with van der Waals surface area (Å²) in [6, 6.07) is 3.22. The Morgan fingerprint density at radius 3 is 2.56 bits per heavy atom. The number of rotatable bonds is 2. The molecule has 0 bridgehead atoms. The lowest BCUT2D eigenvalue weighted by Crippen LogP contribution is -2.15. The highest BCUT2D eigenvalue weighted by Crippen LogP contribution is 2.35. The van der Waals surface area contributed by atoms with E-state index in [1.165, 1.54) is 17.8 Å². The van der Waals surface area contributed by atoms with E-state index < -0.39 is 11.7 Å². The van der Waals surface area contributed by atoms with Crippen LogP contribution < -0.4 is 5.32 Å². The van der Waals surface area contributed by atoms with Gasteiger partial charge in [-0.15, -0.1) is 0 Å². The fourth-order valence-corrected chi connectivity index (χ4v) is 3.89. The van der Waals surface area contributed by atoms with E-state index in [-0.39, 0.29) is 11.6 Å². The number of hydrogen-bond acceptors (Lipinski definition) is 4. The molecule has 0 atom stereocenters. The molecule has 9 heteroatoms. The third-order valence-corrected chi connectivity index (χ3v) is 5.36. The van der Waals surface area contributed by atoms with Crippen LogP contribution in [0.3, 0.4) is 0 Å². The van der Waals surface area contributed by atoms with Crippen LogP contribution in [0.2, 0.25) is 5.02 Å². The molecule has 0 aliphatic carbocycles. The molecule has 2 aliphatic heterocycles. The number of halogens is 4. The Balaban J connectivity index is 1.88. The van der Waals surface area contributed by atoms with Gasteiger partial charge in [0.05, 0.1) is 10.5 Å². The van der Waals surface area contributed by atoms with Gasteiger partial charge in [0, 0.05) is 10.6 Å². The minimum Gasteiger partial charge on any atom is -0.489 e. The normalized spacial score (nSPS) is 19.4. The number of hydrogen-bond donors (Lipinski definition) is 1. The Hall–Kier alpha value is -1.35. The fraction of sp³-hybridized carbons (Fsp3) is 0.125. The van der Waals surface area contributed by atoms with Crippen molar-refractivity contribution in [2.75, 3.05) is 6.61 Å². The van der Waals surface area contributed by atoms with E-state index >= 15 is 0 Å². The summed E-state index contributed by atoms with van der Waals surface area (Å²) in [4.78, 5) is 1.29. The molecule has 25 heavy (non-hydrogen) atoms. The number of thiocarbonyl (C=S) groups is 2. The summed E-state index contributed by atoms with van der Waals surface area (Å²) in [6.07, 6.45) is 0.653. The minimum atomic E-state index is -4.43. The second-order valence-corrected chi connectivity index (χ2v) is 7.63. The summed E-state index contributed by atoms with van der Waals surface area (Å²) >= 11 is 17.5. The van der Waals surface area contributed by atoms with Crippen LogP contribution in [-0.4, -0.2) is 15.9 Å². The lowest BCUT2D eigenvalue weighted by molar-refractivity contribution is -0.137. The smallest absolute Gasteiger partial charge is 0.416 e. The molecule has 1 saturated heterocycles. The van der Waals surface area contributed by atoms with E-state index in [2.05, 4.69) is 5.32 Å². The second kappa shape index (κ2) is 7.11. The van der Waals surface area contributed by atoms with Gasteiger partial charge >= 0.3 is 6.18 Å². The van der Waals surface area contributed by atoms with E-state index in [1.807, 2.05) is 0 Å². The zero-order valence-electron chi connectivity index (χ0n) is 12.3. The number of alkyl halides is 3. The summed E-state index contributed by atoms with van der Waals surface area (Å²) in [5.41, 5.74) is 0.110. The lowest BCUT2D eigenvalue weighted by Gasteiger charge is -2.17. The fourth-order valence-electron chi connectivity index (χ4n) is 2.20. The maximum absolute atomic E-state index is 12.9. The van der Waals surface area contributed by atoms with Gasteiger partial charge in [-0.05, 0) is 35.9 Å². The van der Waals surface area contributed by atoms with Crippen molar-refractivity contribution in [3.63, 3.8) is 0 Å². The highest BCUT2D eigenvalue weighted by Gasteiger charge is 2.31. The van der Waals surface area contributed by atoms with Crippen LogP contribution in [-0.2, 0) is 10.9 Å². The first-order valence-corrected chi connectivity index (χ1v) is 8.91. The van der Waals surface area contributed by atoms with Crippen molar-refractivity contribution in [1.29, 1.82) is 0 Å². The van der Waals surface area contributed by atoms with Crippen molar-refractivity contribution in [1.82, 2.24) is 5.32 Å².